The van der Waals surface area contributed by atoms with Crippen LogP contribution in [-0.2, 0) is 45.7 Å². The first-order valence-corrected chi connectivity index (χ1v) is 16.8. The number of carbonyl (C=O) groups is 3. The summed E-state index contributed by atoms with van der Waals surface area (Å²) >= 11 is 0. The van der Waals surface area contributed by atoms with Crippen LogP contribution in [0.4, 0.5) is 0 Å². The molecule has 1 amide bonds. The van der Waals surface area contributed by atoms with E-state index in [0.29, 0.717) is 6.61 Å². The molecule has 0 radical (unpaired) electrons. The molecule has 1 fully saturated rings. The number of carbonyl (C=O) groups excluding carboxylic acids is 3. The molecule has 46 heavy (non-hydrogen) atoms. The largest absolute Gasteiger partial charge is 0.374 e. The number of ketones is 1. The van der Waals surface area contributed by atoms with Crippen LogP contribution in [0.25, 0.3) is 0 Å². The molecule has 8 nitrogen and oxygen atoms in total. The van der Waals surface area contributed by atoms with Crippen molar-refractivity contribution in [1.82, 2.24) is 14.7 Å². The lowest BCUT2D eigenvalue weighted by atomic mass is 10.0. The molecule has 1 aliphatic carbocycles. The standard InChI is InChI=1S/C20H28N4O4.C8H10.C8H16.C2H6/c1-20(2,21)19(27)22-17(14-28-13-15-7-5-4-6-8-15)18(26)11-16-12-24(9-10-25)23(16)3;1-7-4-3-5-8(2)6-7;1-8-6-4-2-3-5-7-8;1-2/h4-8,10,12,17H,9,11,13-14,21H2,1-3H3,(H,22,27);3-6H,1-2H3;8H,2-7H2,1H3;1-2H3. The Labute approximate surface area is 278 Å². The third-order valence-electron chi connectivity index (χ3n) is 7.71. The number of hydrogen-bond donors (Lipinski definition) is 2. The van der Waals surface area contributed by atoms with Gasteiger partial charge in [-0.1, -0.05) is 125 Å². The van der Waals surface area contributed by atoms with Crippen LogP contribution in [-0.4, -0.2) is 45.5 Å². The molecule has 1 atom stereocenters. The predicted octanol–water partition coefficient (Wildman–Crippen LogP) is 6.88. The lowest BCUT2D eigenvalue weighted by molar-refractivity contribution is -0.131. The van der Waals surface area contributed by atoms with E-state index < -0.39 is 17.5 Å². The van der Waals surface area contributed by atoms with Gasteiger partial charge in [0.25, 0.3) is 0 Å². The summed E-state index contributed by atoms with van der Waals surface area (Å²) in [5, 5.41) is 2.69. The van der Waals surface area contributed by atoms with Crippen LogP contribution in [0, 0.1) is 19.8 Å². The highest BCUT2D eigenvalue weighted by atomic mass is 16.5. The van der Waals surface area contributed by atoms with Crippen molar-refractivity contribution in [3.63, 3.8) is 0 Å². The van der Waals surface area contributed by atoms with Crippen molar-refractivity contribution in [2.24, 2.45) is 18.7 Å². The van der Waals surface area contributed by atoms with Gasteiger partial charge in [-0.3, -0.25) is 19.0 Å². The van der Waals surface area contributed by atoms with Crippen LogP contribution >= 0.6 is 0 Å². The Morgan fingerprint density at radius 1 is 1.00 bits per heavy atom. The van der Waals surface area contributed by atoms with E-state index in [1.807, 2.05) is 44.2 Å². The SMILES string of the molecule is CC.CC1CCCCCC1.Cc1cccc(C)c1.Cn1c(CC(=O)C(COCc2ccccc2)NC(=O)C(C)(C)N)cn1CC=O. The Morgan fingerprint density at radius 3 is 2.07 bits per heavy atom. The molecular weight excluding hydrogens is 576 g/mol. The molecule has 0 spiro atoms. The highest BCUT2D eigenvalue weighted by Crippen LogP contribution is 2.21. The van der Waals surface area contributed by atoms with Gasteiger partial charge in [-0.15, -0.1) is 0 Å². The van der Waals surface area contributed by atoms with E-state index in [1.165, 1.54) is 49.7 Å². The second-order valence-electron chi connectivity index (χ2n) is 12.6. The third kappa shape index (κ3) is 16.2. The van der Waals surface area contributed by atoms with Crippen molar-refractivity contribution >= 4 is 18.0 Å². The second kappa shape index (κ2) is 22.1. The number of aldehydes is 1. The predicted molar refractivity (Wildman–Crippen MR) is 189 cm³/mol. The first-order valence-electron chi connectivity index (χ1n) is 16.8. The van der Waals surface area contributed by atoms with Gasteiger partial charge in [0.1, 0.15) is 12.3 Å². The van der Waals surface area contributed by atoms with Crippen LogP contribution in [0.1, 0.15) is 95.5 Å². The van der Waals surface area contributed by atoms with Crippen molar-refractivity contribution in [1.29, 1.82) is 0 Å². The number of Topliss-reactive ketones (excluding diaryl/α,β-unsaturated/α-hetero) is 1. The number of nitrogens with one attached hydrogen (secondary N) is 1. The first-order chi connectivity index (χ1) is 21.9. The van der Waals surface area contributed by atoms with Crippen molar-refractivity contribution in [2.75, 3.05) is 6.61 Å². The van der Waals surface area contributed by atoms with Crippen LogP contribution in [0.3, 0.4) is 0 Å². The molecule has 2 aromatic carbocycles. The lowest BCUT2D eigenvalue weighted by Crippen LogP contribution is -2.55. The summed E-state index contributed by atoms with van der Waals surface area (Å²) in [6.45, 7) is 14.4. The lowest BCUT2D eigenvalue weighted by Gasteiger charge is -2.26. The number of nitrogens with two attached hydrogens (primary N) is 1. The van der Waals surface area contributed by atoms with E-state index >= 15 is 0 Å². The van der Waals surface area contributed by atoms with E-state index in [1.54, 1.807) is 36.5 Å². The molecular formula is C38H60N4O4. The molecule has 3 N–H and O–H groups in total. The maximum absolute atomic E-state index is 12.8. The van der Waals surface area contributed by atoms with Gasteiger partial charge < -0.3 is 20.6 Å². The Balaban J connectivity index is 0.000000473. The molecule has 4 rings (SSSR count). The minimum atomic E-state index is -1.11. The highest BCUT2D eigenvalue weighted by molar-refractivity contribution is 5.93. The number of nitrogens with zero attached hydrogens (tertiary/aromatic N) is 2. The molecule has 1 heterocycles. The van der Waals surface area contributed by atoms with Gasteiger partial charge in [0.2, 0.25) is 5.91 Å². The summed E-state index contributed by atoms with van der Waals surface area (Å²) in [7, 11) is 1.77. The summed E-state index contributed by atoms with van der Waals surface area (Å²) in [4.78, 5) is 35.6. The summed E-state index contributed by atoms with van der Waals surface area (Å²) in [6.07, 6.45) is 11.6. The highest BCUT2D eigenvalue weighted by Gasteiger charge is 2.29. The minimum Gasteiger partial charge on any atom is -0.374 e. The van der Waals surface area contributed by atoms with Gasteiger partial charge in [0.05, 0.1) is 37.4 Å². The Bertz CT molecular complexity index is 1250. The van der Waals surface area contributed by atoms with Gasteiger partial charge in [0.15, 0.2) is 5.78 Å². The van der Waals surface area contributed by atoms with Crippen LogP contribution in [0.2, 0.25) is 0 Å². The number of ether oxygens (including phenoxy) is 1. The maximum Gasteiger partial charge on any atom is 0.240 e. The summed E-state index contributed by atoms with van der Waals surface area (Å²) < 4.78 is 9.10. The van der Waals surface area contributed by atoms with E-state index in [-0.39, 0.29) is 25.4 Å². The number of aromatic nitrogens is 2. The average Bonchev–Trinajstić information content (AvgIpc) is 3.28. The zero-order valence-corrected chi connectivity index (χ0v) is 29.7. The molecule has 0 bridgehead atoms. The fourth-order valence-corrected chi connectivity index (χ4v) is 4.88. The number of amides is 1. The van der Waals surface area contributed by atoms with Crippen molar-refractivity contribution in [3.05, 3.63) is 83.2 Å². The van der Waals surface area contributed by atoms with Crippen LogP contribution in [0.5, 0.6) is 0 Å². The zero-order chi connectivity index (χ0) is 34.5. The monoisotopic (exact) mass is 636 g/mol. The Morgan fingerprint density at radius 2 is 1.59 bits per heavy atom. The zero-order valence-electron chi connectivity index (χ0n) is 29.7. The maximum atomic E-state index is 12.8. The fraction of sp³-hybridized carbons (Fsp3) is 0.553. The molecule has 256 valence electrons. The summed E-state index contributed by atoms with van der Waals surface area (Å²) in [5.41, 5.74) is 9.15. The van der Waals surface area contributed by atoms with Gasteiger partial charge in [-0.2, -0.15) is 0 Å². The third-order valence-corrected chi connectivity index (χ3v) is 7.71. The average molecular weight is 637 g/mol. The normalized spacial score (nSPS) is 13.8. The molecule has 1 unspecified atom stereocenters. The minimum absolute atomic E-state index is 0.0462. The van der Waals surface area contributed by atoms with E-state index in [2.05, 4.69) is 50.4 Å². The second-order valence-corrected chi connectivity index (χ2v) is 12.6. The van der Waals surface area contributed by atoms with Gasteiger partial charge in [0, 0.05) is 13.2 Å². The Hall–Kier alpha value is -3.49. The van der Waals surface area contributed by atoms with E-state index in [9.17, 15) is 14.4 Å². The Kier molecular flexibility index (Phi) is 19.5. The molecule has 3 aromatic rings. The fourth-order valence-electron chi connectivity index (χ4n) is 4.88. The molecule has 0 saturated heterocycles. The summed E-state index contributed by atoms with van der Waals surface area (Å²) in [5.74, 6) is 0.416. The van der Waals surface area contributed by atoms with Crippen molar-refractivity contribution in [3.8, 4) is 0 Å². The van der Waals surface area contributed by atoms with Crippen LogP contribution in [0.15, 0.2) is 60.8 Å². The van der Waals surface area contributed by atoms with Gasteiger partial charge >= 0.3 is 0 Å². The van der Waals surface area contributed by atoms with E-state index in [4.69, 9.17) is 10.5 Å². The number of hydrogen-bond acceptors (Lipinski definition) is 5. The quantitative estimate of drug-likeness (QED) is 0.176. The smallest absolute Gasteiger partial charge is 0.240 e. The topological polar surface area (TPSA) is 108 Å². The number of rotatable bonds is 11. The molecule has 1 aromatic heterocycles. The number of benzene rings is 2. The summed E-state index contributed by atoms with van der Waals surface area (Å²) in [6, 6.07) is 17.2. The van der Waals surface area contributed by atoms with Crippen molar-refractivity contribution < 1.29 is 19.1 Å². The molecule has 1 saturated carbocycles. The molecule has 1 aliphatic rings. The van der Waals surface area contributed by atoms with Gasteiger partial charge in [-0.25, -0.2) is 0 Å². The number of aryl methyl sites for hydroxylation is 2. The molecule has 0 aliphatic heterocycles. The van der Waals surface area contributed by atoms with E-state index in [0.717, 1.165) is 23.5 Å². The van der Waals surface area contributed by atoms with Crippen LogP contribution < -0.4 is 11.1 Å². The molecule has 8 heteroatoms. The van der Waals surface area contributed by atoms with Gasteiger partial charge in [-0.05, 0) is 39.2 Å². The van der Waals surface area contributed by atoms with Crippen molar-refractivity contribution in [2.45, 2.75) is 118 Å². The first kappa shape index (κ1) is 40.5.